The van der Waals surface area contributed by atoms with Crippen LogP contribution in [0.25, 0.3) is 0 Å². The van der Waals surface area contributed by atoms with Gasteiger partial charge in [0.25, 0.3) is 0 Å². The summed E-state index contributed by atoms with van der Waals surface area (Å²) in [6, 6.07) is 4.16. The topological polar surface area (TPSA) is 35.2 Å². The third kappa shape index (κ3) is 2.02. The average molecular weight is 171 g/mol. The lowest BCUT2D eigenvalue weighted by molar-refractivity contribution is 0.113. The fourth-order valence-electron chi connectivity index (χ4n) is 0.955. The number of hydrogen-bond acceptors (Lipinski definition) is 3. The highest BCUT2D eigenvalue weighted by Gasteiger charge is 2.08. The van der Waals surface area contributed by atoms with E-state index in [9.17, 15) is 0 Å². The molecule has 2 nitrogen and oxygen atoms in total. The summed E-state index contributed by atoms with van der Waals surface area (Å²) in [7, 11) is 1.69. The van der Waals surface area contributed by atoms with Gasteiger partial charge < -0.3 is 10.5 Å². The number of ether oxygens (including phenoxy) is 1. The first-order chi connectivity index (χ1) is 5.27. The fourth-order valence-corrected chi connectivity index (χ4v) is 1.92. The van der Waals surface area contributed by atoms with E-state index in [0.717, 1.165) is 0 Å². The molecule has 0 aliphatic carbocycles. The SMILES string of the molecule is CO[C@@H](CN)c1ccc(C)s1. The lowest BCUT2D eigenvalue weighted by Gasteiger charge is -2.09. The van der Waals surface area contributed by atoms with Crippen LogP contribution in [0.3, 0.4) is 0 Å². The molecule has 0 unspecified atom stereocenters. The van der Waals surface area contributed by atoms with Gasteiger partial charge in [-0.15, -0.1) is 11.3 Å². The first-order valence-electron chi connectivity index (χ1n) is 3.57. The Hall–Kier alpha value is -0.380. The summed E-state index contributed by atoms with van der Waals surface area (Å²) < 4.78 is 5.18. The van der Waals surface area contributed by atoms with Gasteiger partial charge >= 0.3 is 0 Å². The van der Waals surface area contributed by atoms with Crippen molar-refractivity contribution in [1.82, 2.24) is 0 Å². The van der Waals surface area contributed by atoms with E-state index in [-0.39, 0.29) is 6.10 Å². The molecule has 0 aromatic carbocycles. The number of thiophene rings is 1. The maximum absolute atomic E-state index is 5.51. The Morgan fingerprint density at radius 1 is 1.64 bits per heavy atom. The van der Waals surface area contributed by atoms with Gasteiger partial charge in [0.15, 0.2) is 0 Å². The van der Waals surface area contributed by atoms with E-state index >= 15 is 0 Å². The van der Waals surface area contributed by atoms with Crippen LogP contribution in [0, 0.1) is 6.92 Å². The molecule has 0 fully saturated rings. The van der Waals surface area contributed by atoms with Crippen molar-refractivity contribution in [2.45, 2.75) is 13.0 Å². The molecule has 0 bridgehead atoms. The van der Waals surface area contributed by atoms with Crippen LogP contribution in [0.5, 0.6) is 0 Å². The minimum Gasteiger partial charge on any atom is -0.375 e. The summed E-state index contributed by atoms with van der Waals surface area (Å²) in [5.74, 6) is 0. The first-order valence-corrected chi connectivity index (χ1v) is 4.38. The van der Waals surface area contributed by atoms with Crippen molar-refractivity contribution in [3.8, 4) is 0 Å². The number of hydrogen-bond donors (Lipinski definition) is 1. The fraction of sp³-hybridized carbons (Fsp3) is 0.500. The quantitative estimate of drug-likeness (QED) is 0.751. The van der Waals surface area contributed by atoms with Crippen LogP contribution in [0.2, 0.25) is 0 Å². The largest absolute Gasteiger partial charge is 0.375 e. The minimum absolute atomic E-state index is 0.0775. The van der Waals surface area contributed by atoms with Gasteiger partial charge in [-0.2, -0.15) is 0 Å². The zero-order valence-corrected chi connectivity index (χ0v) is 7.65. The zero-order valence-electron chi connectivity index (χ0n) is 6.83. The molecule has 2 N–H and O–H groups in total. The van der Waals surface area contributed by atoms with Crippen LogP contribution in [-0.2, 0) is 4.74 Å². The molecule has 0 spiro atoms. The number of nitrogens with two attached hydrogens (primary N) is 1. The Morgan fingerprint density at radius 3 is 2.73 bits per heavy atom. The Balaban J connectivity index is 2.73. The first kappa shape index (κ1) is 8.71. The molecule has 1 heterocycles. The molecule has 0 saturated carbocycles. The van der Waals surface area contributed by atoms with Crippen molar-refractivity contribution in [2.75, 3.05) is 13.7 Å². The molecule has 1 aromatic heterocycles. The minimum atomic E-state index is 0.0775. The van der Waals surface area contributed by atoms with E-state index in [1.165, 1.54) is 9.75 Å². The van der Waals surface area contributed by atoms with Gasteiger partial charge in [-0.25, -0.2) is 0 Å². The maximum Gasteiger partial charge on any atom is 0.103 e. The van der Waals surface area contributed by atoms with Crippen molar-refractivity contribution < 1.29 is 4.74 Å². The second-order valence-electron chi connectivity index (χ2n) is 2.41. The van der Waals surface area contributed by atoms with Gasteiger partial charge in [-0.1, -0.05) is 0 Å². The zero-order chi connectivity index (χ0) is 8.27. The monoisotopic (exact) mass is 171 g/mol. The number of aryl methyl sites for hydroxylation is 1. The lowest BCUT2D eigenvalue weighted by atomic mass is 10.3. The summed E-state index contributed by atoms with van der Waals surface area (Å²) in [4.78, 5) is 2.52. The van der Waals surface area contributed by atoms with Gasteiger partial charge in [0, 0.05) is 23.4 Å². The second kappa shape index (κ2) is 3.85. The number of methoxy groups -OCH3 is 1. The normalized spacial score (nSPS) is 13.4. The summed E-state index contributed by atoms with van der Waals surface area (Å²) >= 11 is 1.74. The molecule has 62 valence electrons. The van der Waals surface area contributed by atoms with Crippen LogP contribution in [0.15, 0.2) is 12.1 Å². The van der Waals surface area contributed by atoms with Crippen molar-refractivity contribution in [3.63, 3.8) is 0 Å². The van der Waals surface area contributed by atoms with E-state index in [0.29, 0.717) is 6.54 Å². The Bertz CT molecular complexity index is 218. The third-order valence-electron chi connectivity index (χ3n) is 1.58. The summed E-state index contributed by atoms with van der Waals surface area (Å²) in [6.45, 7) is 2.63. The highest BCUT2D eigenvalue weighted by atomic mass is 32.1. The van der Waals surface area contributed by atoms with Gasteiger partial charge in [0.1, 0.15) is 6.10 Å². The van der Waals surface area contributed by atoms with Crippen molar-refractivity contribution >= 4 is 11.3 Å². The lowest BCUT2D eigenvalue weighted by Crippen LogP contribution is -2.12. The second-order valence-corrected chi connectivity index (χ2v) is 3.73. The Kier molecular flexibility index (Phi) is 3.05. The van der Waals surface area contributed by atoms with E-state index in [1.807, 2.05) is 0 Å². The molecule has 0 aliphatic heterocycles. The van der Waals surface area contributed by atoms with Crippen LogP contribution in [0.4, 0.5) is 0 Å². The highest BCUT2D eigenvalue weighted by Crippen LogP contribution is 2.23. The Morgan fingerprint density at radius 2 is 2.36 bits per heavy atom. The Labute approximate surface area is 71.0 Å². The van der Waals surface area contributed by atoms with Gasteiger partial charge in [0.05, 0.1) is 0 Å². The van der Waals surface area contributed by atoms with Crippen molar-refractivity contribution in [2.24, 2.45) is 5.73 Å². The number of rotatable bonds is 3. The van der Waals surface area contributed by atoms with E-state index in [4.69, 9.17) is 10.5 Å². The smallest absolute Gasteiger partial charge is 0.103 e. The maximum atomic E-state index is 5.51. The van der Waals surface area contributed by atoms with Crippen LogP contribution >= 0.6 is 11.3 Å². The average Bonchev–Trinajstić information content (AvgIpc) is 2.39. The van der Waals surface area contributed by atoms with Crippen LogP contribution in [-0.4, -0.2) is 13.7 Å². The molecule has 1 aromatic rings. The molecular weight excluding hydrogens is 158 g/mol. The molecule has 11 heavy (non-hydrogen) atoms. The predicted octanol–water partition coefficient (Wildman–Crippen LogP) is 1.70. The summed E-state index contributed by atoms with van der Waals surface area (Å²) in [5.41, 5.74) is 5.51. The van der Waals surface area contributed by atoms with Crippen molar-refractivity contribution in [3.05, 3.63) is 21.9 Å². The van der Waals surface area contributed by atoms with Gasteiger partial charge in [-0.05, 0) is 19.1 Å². The standard InChI is InChI=1S/C8H13NOS/c1-6-3-4-8(11-6)7(5-9)10-2/h3-4,7H,5,9H2,1-2H3/t7-/m0/s1. The predicted molar refractivity (Wildman–Crippen MR) is 47.9 cm³/mol. The summed E-state index contributed by atoms with van der Waals surface area (Å²) in [6.07, 6.45) is 0.0775. The molecule has 1 atom stereocenters. The molecular formula is C8H13NOS. The summed E-state index contributed by atoms with van der Waals surface area (Å²) in [5, 5.41) is 0. The van der Waals surface area contributed by atoms with E-state index in [1.54, 1.807) is 18.4 Å². The molecule has 0 aliphatic rings. The third-order valence-corrected chi connectivity index (χ3v) is 2.67. The van der Waals surface area contributed by atoms with Gasteiger partial charge in [-0.3, -0.25) is 0 Å². The van der Waals surface area contributed by atoms with Gasteiger partial charge in [0.2, 0.25) is 0 Å². The molecule has 0 amide bonds. The van der Waals surface area contributed by atoms with Crippen LogP contribution < -0.4 is 5.73 Å². The molecule has 0 radical (unpaired) electrons. The molecule has 1 rings (SSSR count). The van der Waals surface area contributed by atoms with Crippen LogP contribution in [0.1, 0.15) is 15.9 Å². The highest BCUT2D eigenvalue weighted by molar-refractivity contribution is 7.12. The van der Waals surface area contributed by atoms with E-state index < -0.39 is 0 Å². The molecule has 3 heteroatoms. The molecule has 0 saturated heterocycles. The van der Waals surface area contributed by atoms with Crippen molar-refractivity contribution in [1.29, 1.82) is 0 Å². The van der Waals surface area contributed by atoms with E-state index in [2.05, 4.69) is 19.1 Å².